The lowest BCUT2D eigenvalue weighted by molar-refractivity contribution is 1.50. The molecule has 112 valence electrons. The molecule has 0 nitrogen and oxygen atoms in total. The van der Waals surface area contributed by atoms with Crippen molar-refractivity contribution in [2.75, 3.05) is 0 Å². The smallest absolute Gasteiger partial charge is 0.00110 e. The molecule has 0 unspecified atom stereocenters. The summed E-state index contributed by atoms with van der Waals surface area (Å²) in [4.78, 5) is 0. The second-order valence-corrected chi connectivity index (χ2v) is 7.07. The maximum atomic E-state index is 2.40. The van der Waals surface area contributed by atoms with Gasteiger partial charge in [-0.2, -0.15) is 0 Å². The summed E-state index contributed by atoms with van der Waals surface area (Å²) in [6, 6.07) is 22.5. The molecule has 0 bridgehead atoms. The van der Waals surface area contributed by atoms with Gasteiger partial charge in [-0.1, -0.05) is 60.7 Å². The molecule has 24 heavy (non-hydrogen) atoms. The number of hydrogen-bond donors (Lipinski definition) is 0. The van der Waals surface area contributed by atoms with Crippen molar-refractivity contribution in [2.45, 2.75) is 13.8 Å². The molecule has 4 aromatic rings. The summed E-state index contributed by atoms with van der Waals surface area (Å²) in [5, 5.41) is 2.92. The van der Waals surface area contributed by atoms with Crippen LogP contribution in [0.1, 0.15) is 11.1 Å². The number of aryl methyl sites for hydroxylation is 2. The average Bonchev–Trinajstić information content (AvgIpc) is 3.10. The summed E-state index contributed by atoms with van der Waals surface area (Å²) in [6.07, 6.45) is 0. The average molecular weight is 304 g/mol. The van der Waals surface area contributed by atoms with Gasteiger partial charge in [-0.05, 0) is 80.3 Å². The summed E-state index contributed by atoms with van der Waals surface area (Å²) < 4.78 is 0. The van der Waals surface area contributed by atoms with Crippen molar-refractivity contribution >= 4 is 10.8 Å². The van der Waals surface area contributed by atoms with E-state index in [1.807, 2.05) is 0 Å². The number of hydrogen-bond acceptors (Lipinski definition) is 0. The fraction of sp³-hybridized carbons (Fsp3) is 0.0833. The highest BCUT2D eigenvalue weighted by atomic mass is 14.3. The molecular formula is C24H16. The van der Waals surface area contributed by atoms with Crippen LogP contribution in [0.2, 0.25) is 0 Å². The van der Waals surface area contributed by atoms with Crippen molar-refractivity contribution in [3.05, 3.63) is 71.8 Å². The molecule has 0 fully saturated rings. The van der Waals surface area contributed by atoms with Gasteiger partial charge in [-0.15, -0.1) is 0 Å². The van der Waals surface area contributed by atoms with E-state index < -0.39 is 0 Å². The van der Waals surface area contributed by atoms with Gasteiger partial charge in [0, 0.05) is 0 Å². The highest BCUT2D eigenvalue weighted by molar-refractivity contribution is 6.27. The summed E-state index contributed by atoms with van der Waals surface area (Å²) in [7, 11) is 0. The third-order valence-electron chi connectivity index (χ3n) is 5.77. The molecule has 0 saturated carbocycles. The minimum atomic E-state index is 1.38. The van der Waals surface area contributed by atoms with E-state index in [-0.39, 0.29) is 0 Å². The normalized spacial score (nSPS) is 12.6. The van der Waals surface area contributed by atoms with E-state index in [0.717, 1.165) is 0 Å². The van der Waals surface area contributed by atoms with Crippen LogP contribution < -0.4 is 0 Å². The second-order valence-electron chi connectivity index (χ2n) is 7.07. The Kier molecular flexibility index (Phi) is 2.07. The molecule has 0 radical (unpaired) electrons. The first-order valence-corrected chi connectivity index (χ1v) is 8.56. The van der Waals surface area contributed by atoms with Crippen LogP contribution in [0, 0.1) is 13.8 Å². The Hall–Kier alpha value is -2.86. The van der Waals surface area contributed by atoms with Gasteiger partial charge < -0.3 is 0 Å². The van der Waals surface area contributed by atoms with Crippen molar-refractivity contribution in [1.82, 2.24) is 0 Å². The Morgan fingerprint density at radius 3 is 1.25 bits per heavy atom. The Morgan fingerprint density at radius 1 is 0.458 bits per heavy atom. The van der Waals surface area contributed by atoms with Crippen molar-refractivity contribution in [3.8, 4) is 44.5 Å². The molecule has 0 heteroatoms. The van der Waals surface area contributed by atoms with E-state index in [9.17, 15) is 0 Å². The summed E-state index contributed by atoms with van der Waals surface area (Å²) in [5.74, 6) is 0. The van der Waals surface area contributed by atoms with E-state index in [0.29, 0.717) is 0 Å². The van der Waals surface area contributed by atoms with Crippen LogP contribution in [0.4, 0.5) is 0 Å². The molecule has 2 aliphatic rings. The third-order valence-corrected chi connectivity index (χ3v) is 5.77. The van der Waals surface area contributed by atoms with Crippen molar-refractivity contribution in [3.63, 3.8) is 0 Å². The SMILES string of the molecule is Cc1cc2c3c(c(C)cc4c3c1-c1ccccc1-4)-c1ccccc1-2. The Bertz CT molecular complexity index is 1110. The van der Waals surface area contributed by atoms with E-state index in [4.69, 9.17) is 0 Å². The van der Waals surface area contributed by atoms with Crippen LogP contribution >= 0.6 is 0 Å². The summed E-state index contributed by atoms with van der Waals surface area (Å²) >= 11 is 0. The highest BCUT2D eigenvalue weighted by Crippen LogP contribution is 2.57. The van der Waals surface area contributed by atoms with E-state index in [1.165, 1.54) is 66.4 Å². The number of rotatable bonds is 0. The molecule has 2 aliphatic carbocycles. The van der Waals surface area contributed by atoms with Gasteiger partial charge in [0.05, 0.1) is 0 Å². The lowest BCUT2D eigenvalue weighted by atomic mass is 9.92. The fourth-order valence-electron chi connectivity index (χ4n) is 4.90. The summed E-state index contributed by atoms with van der Waals surface area (Å²) in [6.45, 7) is 4.52. The van der Waals surface area contributed by atoms with Crippen LogP contribution in [0.25, 0.3) is 55.3 Å². The quantitative estimate of drug-likeness (QED) is 0.291. The molecule has 0 spiro atoms. The van der Waals surface area contributed by atoms with Crippen LogP contribution in [0.5, 0.6) is 0 Å². The molecule has 0 amide bonds. The largest absolute Gasteiger partial charge is 0.0616 e. The standard InChI is InChI=1S/C24H16/c1-13-11-19-16-8-4-6-10-18(16)22-14(2)12-20-15-7-3-5-9-17(15)21(13)23(20)24(19)22/h3-12H,1-2H3. The maximum Gasteiger partial charge on any atom is -0.00110 e. The molecule has 0 aliphatic heterocycles. The molecule has 0 N–H and O–H groups in total. The van der Waals surface area contributed by atoms with Gasteiger partial charge in [0.25, 0.3) is 0 Å². The fourth-order valence-corrected chi connectivity index (χ4v) is 4.90. The zero-order chi connectivity index (χ0) is 16.0. The van der Waals surface area contributed by atoms with Crippen LogP contribution in [0.3, 0.4) is 0 Å². The van der Waals surface area contributed by atoms with Gasteiger partial charge in [0.2, 0.25) is 0 Å². The zero-order valence-electron chi connectivity index (χ0n) is 13.8. The molecule has 0 aromatic heterocycles. The first-order chi connectivity index (χ1) is 11.8. The molecule has 0 saturated heterocycles. The molecule has 0 atom stereocenters. The van der Waals surface area contributed by atoms with Crippen LogP contribution in [0.15, 0.2) is 60.7 Å². The van der Waals surface area contributed by atoms with Crippen molar-refractivity contribution < 1.29 is 0 Å². The minimum absolute atomic E-state index is 1.38. The Balaban J connectivity index is 1.94. The van der Waals surface area contributed by atoms with E-state index >= 15 is 0 Å². The van der Waals surface area contributed by atoms with Gasteiger partial charge >= 0.3 is 0 Å². The number of fused-ring (bicyclic) bond motifs is 6. The lowest BCUT2D eigenvalue weighted by Gasteiger charge is -2.11. The topological polar surface area (TPSA) is 0 Å². The van der Waals surface area contributed by atoms with Crippen LogP contribution in [-0.2, 0) is 0 Å². The predicted octanol–water partition coefficient (Wildman–Crippen LogP) is 6.75. The van der Waals surface area contributed by atoms with E-state index in [2.05, 4.69) is 74.5 Å². The van der Waals surface area contributed by atoms with Crippen LogP contribution in [-0.4, -0.2) is 0 Å². The Morgan fingerprint density at radius 2 is 0.833 bits per heavy atom. The van der Waals surface area contributed by atoms with Gasteiger partial charge in [-0.3, -0.25) is 0 Å². The Labute approximate surface area is 141 Å². The minimum Gasteiger partial charge on any atom is -0.0616 e. The molecule has 0 heterocycles. The predicted molar refractivity (Wildman–Crippen MR) is 102 cm³/mol. The highest BCUT2D eigenvalue weighted by Gasteiger charge is 2.31. The monoisotopic (exact) mass is 304 g/mol. The van der Waals surface area contributed by atoms with Gasteiger partial charge in [0.1, 0.15) is 0 Å². The first kappa shape index (κ1) is 12.5. The van der Waals surface area contributed by atoms with E-state index in [1.54, 1.807) is 0 Å². The third kappa shape index (κ3) is 1.24. The zero-order valence-corrected chi connectivity index (χ0v) is 13.8. The van der Waals surface area contributed by atoms with Gasteiger partial charge in [-0.25, -0.2) is 0 Å². The summed E-state index contributed by atoms with van der Waals surface area (Å²) in [5.41, 5.74) is 14.0. The first-order valence-electron chi connectivity index (χ1n) is 8.56. The van der Waals surface area contributed by atoms with Crippen molar-refractivity contribution in [1.29, 1.82) is 0 Å². The lowest BCUT2D eigenvalue weighted by Crippen LogP contribution is -1.86. The number of benzene rings is 4. The maximum absolute atomic E-state index is 2.40. The molecule has 4 aromatic carbocycles. The second kappa shape index (κ2) is 3.96. The van der Waals surface area contributed by atoms with Gasteiger partial charge in [0.15, 0.2) is 0 Å². The molecule has 6 rings (SSSR count). The van der Waals surface area contributed by atoms with Crippen molar-refractivity contribution in [2.24, 2.45) is 0 Å². The molecular weight excluding hydrogens is 288 g/mol.